The van der Waals surface area contributed by atoms with E-state index in [0.717, 1.165) is 19.3 Å². The molecule has 0 aliphatic heterocycles. The maximum Gasteiger partial charge on any atom is 0.337 e. The zero-order valence-corrected chi connectivity index (χ0v) is 12.7. The summed E-state index contributed by atoms with van der Waals surface area (Å²) in [6.07, 6.45) is 4.29. The van der Waals surface area contributed by atoms with Gasteiger partial charge in [0.05, 0.1) is 16.3 Å². The van der Waals surface area contributed by atoms with Crippen molar-refractivity contribution in [2.24, 2.45) is 17.8 Å². The van der Waals surface area contributed by atoms with Crippen LogP contribution < -0.4 is 5.32 Å². The Kier molecular flexibility index (Phi) is 3.84. The number of anilines is 1. The molecular formula is C15H15Cl2NO3. The topological polar surface area (TPSA) is 66.4 Å². The van der Waals surface area contributed by atoms with Crippen molar-refractivity contribution in [2.75, 3.05) is 5.32 Å². The number of aromatic carboxylic acids is 1. The molecule has 2 fully saturated rings. The van der Waals surface area contributed by atoms with Gasteiger partial charge in [-0.1, -0.05) is 29.6 Å². The Balaban J connectivity index is 1.84. The molecule has 3 unspecified atom stereocenters. The van der Waals surface area contributed by atoms with E-state index in [-0.39, 0.29) is 33.1 Å². The van der Waals surface area contributed by atoms with Gasteiger partial charge in [0.25, 0.3) is 0 Å². The molecule has 1 aromatic rings. The molecule has 3 atom stereocenters. The van der Waals surface area contributed by atoms with Crippen LogP contribution >= 0.6 is 23.2 Å². The number of benzene rings is 1. The van der Waals surface area contributed by atoms with E-state index in [4.69, 9.17) is 23.2 Å². The number of halogens is 2. The number of nitrogens with one attached hydrogen (secondary N) is 1. The predicted octanol–water partition coefficient (Wildman–Crippen LogP) is 4.07. The molecule has 2 bridgehead atoms. The van der Waals surface area contributed by atoms with Gasteiger partial charge in [-0.15, -0.1) is 0 Å². The Morgan fingerprint density at radius 3 is 2.52 bits per heavy atom. The standard InChI is InChI=1S/C15H15Cl2NO3/c16-9-5-11(15(20)21)13(12(17)6-9)18-14(19)10-4-7-1-2-8(10)3-7/h5-8,10H,1-4H2,(H,18,19)(H,20,21). The summed E-state index contributed by atoms with van der Waals surface area (Å²) in [4.78, 5) is 23.7. The fourth-order valence-corrected chi connectivity index (χ4v) is 4.19. The van der Waals surface area contributed by atoms with Gasteiger partial charge in [0, 0.05) is 10.9 Å². The van der Waals surface area contributed by atoms with Gasteiger partial charge in [-0.2, -0.15) is 0 Å². The van der Waals surface area contributed by atoms with Crippen molar-refractivity contribution in [3.05, 3.63) is 27.7 Å². The average molecular weight is 328 g/mol. The summed E-state index contributed by atoms with van der Waals surface area (Å²) in [7, 11) is 0. The maximum atomic E-state index is 12.4. The van der Waals surface area contributed by atoms with E-state index < -0.39 is 5.97 Å². The third-order valence-electron chi connectivity index (χ3n) is 4.61. The zero-order chi connectivity index (χ0) is 15.1. The summed E-state index contributed by atoms with van der Waals surface area (Å²) in [5, 5.41) is 12.3. The molecule has 2 N–H and O–H groups in total. The van der Waals surface area contributed by atoms with Gasteiger partial charge in [-0.25, -0.2) is 4.79 Å². The summed E-state index contributed by atoms with van der Waals surface area (Å²) < 4.78 is 0. The Labute approximate surface area is 132 Å². The molecule has 0 saturated heterocycles. The van der Waals surface area contributed by atoms with E-state index in [1.165, 1.54) is 18.6 Å². The fourth-order valence-electron chi connectivity index (χ4n) is 3.65. The number of fused-ring (bicyclic) bond motifs is 2. The highest BCUT2D eigenvalue weighted by atomic mass is 35.5. The summed E-state index contributed by atoms with van der Waals surface area (Å²) in [5.41, 5.74) is 0.0605. The van der Waals surface area contributed by atoms with Crippen molar-refractivity contribution < 1.29 is 14.7 Å². The van der Waals surface area contributed by atoms with E-state index in [1.54, 1.807) is 0 Å². The van der Waals surface area contributed by atoms with Gasteiger partial charge in [0.1, 0.15) is 0 Å². The first-order chi connectivity index (χ1) is 9.95. The highest BCUT2D eigenvalue weighted by Crippen LogP contribution is 2.48. The van der Waals surface area contributed by atoms with Crippen molar-refractivity contribution in [1.82, 2.24) is 0 Å². The zero-order valence-electron chi connectivity index (χ0n) is 11.2. The molecule has 0 aromatic heterocycles. The minimum absolute atomic E-state index is 0.0304. The van der Waals surface area contributed by atoms with Crippen LogP contribution in [0.4, 0.5) is 5.69 Å². The second-order valence-corrected chi connectivity index (χ2v) is 6.73. The molecule has 2 saturated carbocycles. The van der Waals surface area contributed by atoms with Gasteiger partial charge in [-0.05, 0) is 43.2 Å². The van der Waals surface area contributed by atoms with Crippen LogP contribution in [0, 0.1) is 17.8 Å². The molecule has 0 heterocycles. The van der Waals surface area contributed by atoms with Crippen LogP contribution in [0.1, 0.15) is 36.0 Å². The summed E-state index contributed by atoms with van der Waals surface area (Å²) in [5.74, 6) is -0.256. The van der Waals surface area contributed by atoms with Crippen LogP contribution in [0.3, 0.4) is 0 Å². The summed E-state index contributed by atoms with van der Waals surface area (Å²) >= 11 is 11.9. The largest absolute Gasteiger partial charge is 0.478 e. The second-order valence-electron chi connectivity index (χ2n) is 5.89. The summed E-state index contributed by atoms with van der Waals surface area (Å²) in [6.45, 7) is 0. The van der Waals surface area contributed by atoms with Crippen LogP contribution in [-0.4, -0.2) is 17.0 Å². The van der Waals surface area contributed by atoms with Crippen molar-refractivity contribution >= 4 is 40.8 Å². The fraction of sp³-hybridized carbons (Fsp3) is 0.467. The lowest BCUT2D eigenvalue weighted by Gasteiger charge is -2.21. The number of hydrogen-bond acceptors (Lipinski definition) is 2. The number of carbonyl (C=O) groups is 2. The molecule has 4 nitrogen and oxygen atoms in total. The SMILES string of the molecule is O=C(O)c1cc(Cl)cc(Cl)c1NC(=O)C1CC2CCC1C2. The predicted molar refractivity (Wildman–Crippen MR) is 81.0 cm³/mol. The number of carboxylic acid groups (broad SMARTS) is 1. The van der Waals surface area contributed by atoms with Crippen molar-refractivity contribution in [3.8, 4) is 0 Å². The highest BCUT2D eigenvalue weighted by Gasteiger charge is 2.43. The number of rotatable bonds is 3. The molecule has 6 heteroatoms. The van der Waals surface area contributed by atoms with Crippen molar-refractivity contribution in [3.63, 3.8) is 0 Å². The van der Waals surface area contributed by atoms with Crippen LogP contribution in [-0.2, 0) is 4.79 Å². The minimum atomic E-state index is -1.16. The highest BCUT2D eigenvalue weighted by molar-refractivity contribution is 6.37. The number of hydrogen-bond donors (Lipinski definition) is 2. The van der Waals surface area contributed by atoms with E-state index in [2.05, 4.69) is 5.32 Å². The first-order valence-electron chi connectivity index (χ1n) is 6.99. The second kappa shape index (κ2) is 5.50. The molecule has 0 radical (unpaired) electrons. The van der Waals surface area contributed by atoms with Gasteiger partial charge in [0.2, 0.25) is 5.91 Å². The smallest absolute Gasteiger partial charge is 0.337 e. The number of carbonyl (C=O) groups excluding carboxylic acids is 1. The molecule has 2 aliphatic rings. The average Bonchev–Trinajstić information content (AvgIpc) is 3.03. The molecule has 3 rings (SSSR count). The minimum Gasteiger partial charge on any atom is -0.478 e. The lowest BCUT2D eigenvalue weighted by atomic mass is 9.88. The Morgan fingerprint density at radius 2 is 1.95 bits per heavy atom. The van der Waals surface area contributed by atoms with Crippen LogP contribution in [0.25, 0.3) is 0 Å². The third-order valence-corrected chi connectivity index (χ3v) is 5.12. The maximum absolute atomic E-state index is 12.4. The number of amides is 1. The number of carboxylic acids is 1. The van der Waals surface area contributed by atoms with E-state index in [9.17, 15) is 14.7 Å². The lowest BCUT2D eigenvalue weighted by Crippen LogP contribution is -2.28. The Morgan fingerprint density at radius 1 is 1.19 bits per heavy atom. The molecule has 2 aliphatic carbocycles. The Bertz CT molecular complexity index is 617. The van der Waals surface area contributed by atoms with Gasteiger partial charge < -0.3 is 10.4 Å². The molecule has 21 heavy (non-hydrogen) atoms. The quantitative estimate of drug-likeness (QED) is 0.879. The van der Waals surface area contributed by atoms with Crippen LogP contribution in [0.15, 0.2) is 12.1 Å². The van der Waals surface area contributed by atoms with Gasteiger partial charge in [-0.3, -0.25) is 4.79 Å². The van der Waals surface area contributed by atoms with Crippen LogP contribution in [0.2, 0.25) is 10.0 Å². The molecule has 1 aromatic carbocycles. The van der Waals surface area contributed by atoms with Crippen molar-refractivity contribution in [1.29, 1.82) is 0 Å². The Hall–Kier alpha value is -1.26. The molecule has 112 valence electrons. The third kappa shape index (κ3) is 2.74. The van der Waals surface area contributed by atoms with E-state index >= 15 is 0 Å². The lowest BCUT2D eigenvalue weighted by molar-refractivity contribution is -0.121. The summed E-state index contributed by atoms with van der Waals surface area (Å²) in [6, 6.07) is 2.73. The van der Waals surface area contributed by atoms with Gasteiger partial charge in [0.15, 0.2) is 0 Å². The molecule has 1 amide bonds. The van der Waals surface area contributed by atoms with E-state index in [0.29, 0.717) is 11.8 Å². The van der Waals surface area contributed by atoms with Crippen LogP contribution in [0.5, 0.6) is 0 Å². The normalized spacial score (nSPS) is 26.9. The monoisotopic (exact) mass is 327 g/mol. The molecule has 0 spiro atoms. The first kappa shape index (κ1) is 14.7. The van der Waals surface area contributed by atoms with Crippen molar-refractivity contribution in [2.45, 2.75) is 25.7 Å². The molecular weight excluding hydrogens is 313 g/mol. The van der Waals surface area contributed by atoms with E-state index in [1.807, 2.05) is 0 Å². The first-order valence-corrected chi connectivity index (χ1v) is 7.74. The van der Waals surface area contributed by atoms with Gasteiger partial charge >= 0.3 is 5.97 Å².